The number of anilines is 2. The lowest BCUT2D eigenvalue weighted by Crippen LogP contribution is -2.43. The number of ether oxygens (including phenoxy) is 1. The maximum atomic E-state index is 15.2. The van der Waals surface area contributed by atoms with E-state index in [9.17, 15) is 4.79 Å². The molecule has 0 atom stereocenters. The number of amides is 1. The summed E-state index contributed by atoms with van der Waals surface area (Å²) in [6.07, 6.45) is 3.08. The van der Waals surface area contributed by atoms with Gasteiger partial charge in [0.05, 0.1) is 0 Å². The maximum absolute atomic E-state index is 15.2. The van der Waals surface area contributed by atoms with E-state index >= 15 is 4.39 Å². The molecule has 0 unspecified atom stereocenters. The molecule has 0 aliphatic carbocycles. The highest BCUT2D eigenvalue weighted by atomic mass is 19.1. The van der Waals surface area contributed by atoms with Crippen molar-refractivity contribution in [1.82, 2.24) is 34.6 Å². The second kappa shape index (κ2) is 10.7. The lowest BCUT2D eigenvalue weighted by atomic mass is 10.2. The van der Waals surface area contributed by atoms with E-state index < -0.39 is 11.7 Å². The van der Waals surface area contributed by atoms with Gasteiger partial charge in [0.25, 0.3) is 5.91 Å². The minimum absolute atomic E-state index is 0.0414. The number of fused-ring (bicyclic) bond motifs is 1. The van der Waals surface area contributed by atoms with Crippen LogP contribution < -0.4 is 10.1 Å². The number of hydrogen-bond acceptors (Lipinski definition) is 8. The molecule has 2 N–H and O–H groups in total. The summed E-state index contributed by atoms with van der Waals surface area (Å²) in [4.78, 5) is 35.3. The number of carbonyl (C=O) groups excluding carboxylic acids is 1. The summed E-state index contributed by atoms with van der Waals surface area (Å²) < 4.78 is 21.1. The van der Waals surface area contributed by atoms with E-state index in [1.165, 1.54) is 17.3 Å². The van der Waals surface area contributed by atoms with E-state index in [0.717, 1.165) is 44.0 Å². The fourth-order valence-electron chi connectivity index (χ4n) is 4.41. The van der Waals surface area contributed by atoms with E-state index in [0.29, 0.717) is 16.7 Å². The molecule has 11 heteroatoms. The second-order valence-electron chi connectivity index (χ2n) is 9.75. The highest BCUT2D eigenvalue weighted by Gasteiger charge is 2.24. The van der Waals surface area contributed by atoms with Crippen LogP contribution in [0.3, 0.4) is 0 Å². The number of halogens is 1. The zero-order valence-corrected chi connectivity index (χ0v) is 22.0. The fourth-order valence-corrected chi connectivity index (χ4v) is 4.41. The van der Waals surface area contributed by atoms with Gasteiger partial charge in [-0.05, 0) is 43.8 Å². The average Bonchev–Trinajstić information content (AvgIpc) is 3.29. The van der Waals surface area contributed by atoms with Gasteiger partial charge < -0.3 is 24.8 Å². The molecule has 1 aliphatic rings. The van der Waals surface area contributed by atoms with Crippen LogP contribution in [0.15, 0.2) is 42.9 Å². The Morgan fingerprint density at radius 1 is 1.13 bits per heavy atom. The summed E-state index contributed by atoms with van der Waals surface area (Å²) in [5, 5.41) is 3.51. The molecule has 1 aliphatic heterocycles. The maximum Gasteiger partial charge on any atom is 0.262 e. The lowest BCUT2D eigenvalue weighted by Gasteiger charge is -2.32. The van der Waals surface area contributed by atoms with Gasteiger partial charge >= 0.3 is 0 Å². The normalized spacial score (nSPS) is 14.6. The number of H-pyrrole nitrogens is 1. The van der Waals surface area contributed by atoms with Gasteiger partial charge in [0.2, 0.25) is 5.88 Å². The van der Waals surface area contributed by atoms with Crippen molar-refractivity contribution in [2.24, 2.45) is 0 Å². The van der Waals surface area contributed by atoms with Crippen LogP contribution in [0, 0.1) is 12.7 Å². The number of benzene rings is 1. The first kappa shape index (κ1) is 25.6. The van der Waals surface area contributed by atoms with Gasteiger partial charge in [-0.25, -0.2) is 19.3 Å². The summed E-state index contributed by atoms with van der Waals surface area (Å²) in [5.74, 6) is -0.305. The summed E-state index contributed by atoms with van der Waals surface area (Å²) >= 11 is 0. The van der Waals surface area contributed by atoms with Crippen LogP contribution in [0.5, 0.6) is 11.6 Å². The van der Waals surface area contributed by atoms with E-state index in [1.807, 2.05) is 25.3 Å². The largest absolute Gasteiger partial charge is 0.435 e. The Labute approximate surface area is 220 Å². The number of nitrogens with one attached hydrogen (secondary N) is 2. The van der Waals surface area contributed by atoms with Gasteiger partial charge in [0.1, 0.15) is 17.7 Å². The molecule has 0 spiro atoms. The minimum atomic E-state index is -0.541. The molecule has 38 heavy (non-hydrogen) atoms. The number of rotatable bonds is 7. The predicted octanol–water partition coefficient (Wildman–Crippen LogP) is 3.79. The summed E-state index contributed by atoms with van der Waals surface area (Å²) in [5.41, 5.74) is 2.66. The molecule has 3 aromatic heterocycles. The van der Waals surface area contributed by atoms with Crippen molar-refractivity contribution in [3.05, 3.63) is 65.5 Å². The van der Waals surface area contributed by atoms with Crippen molar-refractivity contribution in [3.8, 4) is 11.6 Å². The van der Waals surface area contributed by atoms with Crippen molar-refractivity contribution in [2.45, 2.75) is 13.5 Å². The molecule has 1 amide bonds. The minimum Gasteiger partial charge on any atom is -0.435 e. The highest BCUT2D eigenvalue weighted by molar-refractivity contribution is 6.01. The SMILES string of the molecule is Cc1cc2c(F)c(Oc3ncnc(Nc4ccc(CN5CCN(C)CC5)cn4)c3C(=O)N(C)C)ccc2[nH]1. The van der Waals surface area contributed by atoms with Gasteiger partial charge in [-0.2, -0.15) is 0 Å². The molecule has 1 aromatic carbocycles. The van der Waals surface area contributed by atoms with Gasteiger partial charge in [0, 0.05) is 69.6 Å². The van der Waals surface area contributed by atoms with Crippen LogP contribution in [0.2, 0.25) is 0 Å². The molecule has 4 aromatic rings. The van der Waals surface area contributed by atoms with Gasteiger partial charge in [-0.1, -0.05) is 6.07 Å². The Morgan fingerprint density at radius 2 is 1.92 bits per heavy atom. The number of aryl methyl sites for hydroxylation is 1. The first-order chi connectivity index (χ1) is 18.3. The van der Waals surface area contributed by atoms with Crippen LogP contribution in [0.1, 0.15) is 21.6 Å². The third-order valence-electron chi connectivity index (χ3n) is 6.55. The summed E-state index contributed by atoms with van der Waals surface area (Å²) in [7, 11) is 5.36. The zero-order chi connectivity index (χ0) is 26.8. The number of piperazine rings is 1. The standard InChI is InChI=1S/C27H31FN8O2/c1-17-13-19-20(32-17)6-7-21(24(19)28)38-26-23(27(37)34(2)3)25(30-16-31-26)33-22-8-5-18(14-29-22)15-36-11-9-35(4)10-12-36/h5-8,13-14,16,32H,9-12,15H2,1-4H3,(H,29,30,31,33). The number of carbonyl (C=O) groups is 1. The number of nitrogens with zero attached hydrogens (tertiary/aromatic N) is 6. The van der Waals surface area contributed by atoms with Crippen LogP contribution >= 0.6 is 0 Å². The van der Waals surface area contributed by atoms with Crippen molar-refractivity contribution in [3.63, 3.8) is 0 Å². The quantitative estimate of drug-likeness (QED) is 0.381. The molecule has 10 nitrogen and oxygen atoms in total. The summed E-state index contributed by atoms with van der Waals surface area (Å²) in [6, 6.07) is 8.79. The molecule has 0 saturated carbocycles. The van der Waals surface area contributed by atoms with Crippen LogP contribution in [-0.2, 0) is 6.54 Å². The molecule has 0 radical (unpaired) electrons. The molecule has 1 fully saturated rings. The first-order valence-corrected chi connectivity index (χ1v) is 12.4. The van der Waals surface area contributed by atoms with Crippen LogP contribution in [0.25, 0.3) is 10.9 Å². The van der Waals surface area contributed by atoms with E-state index in [-0.39, 0.29) is 23.0 Å². The number of pyridine rings is 1. The smallest absolute Gasteiger partial charge is 0.262 e. The monoisotopic (exact) mass is 518 g/mol. The molecule has 1 saturated heterocycles. The second-order valence-corrected chi connectivity index (χ2v) is 9.75. The van der Waals surface area contributed by atoms with Crippen molar-refractivity contribution in [2.75, 3.05) is 52.6 Å². The fraction of sp³-hybridized carbons (Fsp3) is 0.333. The average molecular weight is 519 g/mol. The van der Waals surface area contributed by atoms with Crippen molar-refractivity contribution < 1.29 is 13.9 Å². The Bertz CT molecular complexity index is 1450. The third-order valence-corrected chi connectivity index (χ3v) is 6.55. The molecular formula is C27H31FN8O2. The molecule has 0 bridgehead atoms. The topological polar surface area (TPSA) is 103 Å². The van der Waals surface area contributed by atoms with Crippen LogP contribution in [0.4, 0.5) is 16.0 Å². The molecule has 5 rings (SSSR count). The Balaban J connectivity index is 1.40. The first-order valence-electron chi connectivity index (χ1n) is 12.4. The van der Waals surface area contributed by atoms with Gasteiger partial charge in [0.15, 0.2) is 17.4 Å². The van der Waals surface area contributed by atoms with Crippen molar-refractivity contribution in [1.29, 1.82) is 0 Å². The summed E-state index contributed by atoms with van der Waals surface area (Å²) in [6.45, 7) is 6.82. The Morgan fingerprint density at radius 3 is 2.63 bits per heavy atom. The number of hydrogen-bond donors (Lipinski definition) is 2. The molecule has 4 heterocycles. The molecular weight excluding hydrogens is 487 g/mol. The van der Waals surface area contributed by atoms with Gasteiger partial charge in [-0.3, -0.25) is 9.69 Å². The van der Waals surface area contributed by atoms with Crippen molar-refractivity contribution >= 4 is 28.4 Å². The number of aromatic amines is 1. The Hall–Kier alpha value is -4.09. The third kappa shape index (κ3) is 5.43. The van der Waals surface area contributed by atoms with Crippen LogP contribution in [-0.4, -0.2) is 87.9 Å². The van der Waals surface area contributed by atoms with E-state index in [1.54, 1.807) is 26.2 Å². The van der Waals surface area contributed by atoms with Gasteiger partial charge in [-0.15, -0.1) is 0 Å². The lowest BCUT2D eigenvalue weighted by molar-refractivity contribution is 0.0825. The number of likely N-dealkylation sites (N-methyl/N-ethyl adjacent to an activating group) is 1. The zero-order valence-electron chi connectivity index (χ0n) is 22.0. The number of aromatic nitrogens is 4. The predicted molar refractivity (Wildman–Crippen MR) is 143 cm³/mol. The highest BCUT2D eigenvalue weighted by Crippen LogP contribution is 2.33. The molecule has 198 valence electrons. The van der Waals surface area contributed by atoms with E-state index in [2.05, 4.69) is 42.1 Å². The van der Waals surface area contributed by atoms with E-state index in [4.69, 9.17) is 4.74 Å². The Kier molecular flexibility index (Phi) is 7.21.